The second-order valence-electron chi connectivity index (χ2n) is 4.36. The van der Waals surface area contributed by atoms with E-state index in [4.69, 9.17) is 31.5 Å². The molecule has 0 aliphatic rings. The number of methoxy groups -OCH3 is 1. The lowest BCUT2D eigenvalue weighted by Gasteiger charge is -2.14. The van der Waals surface area contributed by atoms with Crippen molar-refractivity contribution in [2.45, 2.75) is 6.92 Å². The van der Waals surface area contributed by atoms with Gasteiger partial charge in [-0.25, -0.2) is 14.8 Å². The lowest BCUT2D eigenvalue weighted by atomic mass is 10.1. The topological polar surface area (TPSA) is 96.6 Å². The highest BCUT2D eigenvalue weighted by Gasteiger charge is 2.17. The maximum atomic E-state index is 11.5. The molecule has 23 heavy (non-hydrogen) atoms. The number of carbonyl (C=O) groups excluding carboxylic acids is 1. The van der Waals surface area contributed by atoms with Gasteiger partial charge in [0.05, 0.1) is 25.0 Å². The van der Waals surface area contributed by atoms with Crippen molar-refractivity contribution in [2.75, 3.05) is 26.1 Å². The van der Waals surface area contributed by atoms with Crippen molar-refractivity contribution >= 4 is 23.5 Å². The zero-order valence-corrected chi connectivity index (χ0v) is 13.5. The fourth-order valence-electron chi connectivity index (χ4n) is 1.96. The van der Waals surface area contributed by atoms with E-state index in [1.165, 1.54) is 13.2 Å². The van der Waals surface area contributed by atoms with Crippen LogP contribution in [0.5, 0.6) is 11.5 Å². The third-order valence-electron chi connectivity index (χ3n) is 2.83. The van der Waals surface area contributed by atoms with E-state index in [-0.39, 0.29) is 24.3 Å². The average Bonchev–Trinajstić information content (AvgIpc) is 2.51. The van der Waals surface area contributed by atoms with Crippen LogP contribution in [-0.4, -0.2) is 36.3 Å². The van der Waals surface area contributed by atoms with E-state index in [2.05, 4.69) is 9.97 Å². The number of benzene rings is 1. The number of anilines is 1. The number of esters is 1. The molecule has 0 aliphatic carbocycles. The second kappa shape index (κ2) is 7.64. The normalized spacial score (nSPS) is 10.2. The Morgan fingerprint density at radius 1 is 1.30 bits per heavy atom. The van der Waals surface area contributed by atoms with Gasteiger partial charge in [0.2, 0.25) is 5.95 Å². The molecule has 0 amide bonds. The van der Waals surface area contributed by atoms with Crippen LogP contribution in [0.4, 0.5) is 5.95 Å². The van der Waals surface area contributed by atoms with Gasteiger partial charge in [-0.05, 0) is 19.1 Å². The molecule has 0 saturated carbocycles. The van der Waals surface area contributed by atoms with Gasteiger partial charge in [-0.3, -0.25) is 0 Å². The molecule has 1 aromatic carbocycles. The molecule has 0 unspecified atom stereocenters. The van der Waals surface area contributed by atoms with Gasteiger partial charge in [0.15, 0.2) is 6.61 Å². The lowest BCUT2D eigenvalue weighted by molar-refractivity contribution is -0.145. The molecule has 1 heterocycles. The second-order valence-corrected chi connectivity index (χ2v) is 4.75. The smallest absolute Gasteiger partial charge is 0.344 e. The van der Waals surface area contributed by atoms with Crippen LogP contribution in [0.2, 0.25) is 5.15 Å². The molecule has 2 rings (SSSR count). The number of hydrogen-bond donors (Lipinski definition) is 1. The maximum Gasteiger partial charge on any atom is 0.344 e. The number of nitrogens with zero attached hydrogens (tertiary/aromatic N) is 2. The summed E-state index contributed by atoms with van der Waals surface area (Å²) in [6.45, 7) is 1.77. The summed E-state index contributed by atoms with van der Waals surface area (Å²) < 4.78 is 15.7. The summed E-state index contributed by atoms with van der Waals surface area (Å²) in [5.41, 5.74) is 6.59. The molecule has 0 atom stereocenters. The van der Waals surface area contributed by atoms with Gasteiger partial charge in [-0.1, -0.05) is 17.7 Å². The molecule has 2 aromatic rings. The van der Waals surface area contributed by atoms with E-state index < -0.39 is 5.97 Å². The van der Waals surface area contributed by atoms with Crippen molar-refractivity contribution in [1.29, 1.82) is 0 Å². The molecule has 2 N–H and O–H groups in total. The number of rotatable bonds is 6. The van der Waals surface area contributed by atoms with Crippen molar-refractivity contribution in [3.05, 3.63) is 29.4 Å². The predicted octanol–water partition coefficient (Wildman–Crippen LogP) is 2.33. The maximum absolute atomic E-state index is 11.5. The molecule has 122 valence electrons. The van der Waals surface area contributed by atoms with Crippen molar-refractivity contribution in [2.24, 2.45) is 0 Å². The Morgan fingerprint density at radius 2 is 2.04 bits per heavy atom. The third-order valence-corrected chi connectivity index (χ3v) is 3.02. The monoisotopic (exact) mass is 337 g/mol. The molecule has 8 heteroatoms. The molecule has 0 radical (unpaired) electrons. The Hall–Kier alpha value is -2.54. The molecule has 0 saturated heterocycles. The summed E-state index contributed by atoms with van der Waals surface area (Å²) in [5, 5.41) is 0.190. The van der Waals surface area contributed by atoms with Gasteiger partial charge >= 0.3 is 5.97 Å². The van der Waals surface area contributed by atoms with Crippen LogP contribution < -0.4 is 15.2 Å². The molecule has 0 aliphatic heterocycles. The van der Waals surface area contributed by atoms with E-state index in [0.717, 1.165) is 0 Å². The highest BCUT2D eigenvalue weighted by atomic mass is 35.5. The molecule has 0 spiro atoms. The summed E-state index contributed by atoms with van der Waals surface area (Å²) in [4.78, 5) is 19.4. The number of nitrogens with two attached hydrogens (primary N) is 1. The van der Waals surface area contributed by atoms with Gasteiger partial charge in [0, 0.05) is 6.07 Å². The summed E-state index contributed by atoms with van der Waals surface area (Å²) >= 11 is 5.93. The third kappa shape index (κ3) is 4.23. The minimum atomic E-state index is -0.471. The number of ether oxygens (including phenoxy) is 3. The van der Waals surface area contributed by atoms with Crippen molar-refractivity contribution < 1.29 is 19.0 Å². The number of aromatic nitrogens is 2. The first-order valence-electron chi connectivity index (χ1n) is 6.81. The first-order valence-corrected chi connectivity index (χ1v) is 7.18. The van der Waals surface area contributed by atoms with Crippen LogP contribution in [-0.2, 0) is 9.53 Å². The van der Waals surface area contributed by atoms with Crippen LogP contribution >= 0.6 is 11.6 Å². The number of carbonyl (C=O) groups is 1. The fraction of sp³-hybridized carbons (Fsp3) is 0.267. The Labute approximate surface area is 138 Å². The summed E-state index contributed by atoms with van der Waals surface area (Å²) in [5.74, 6) is 0.448. The zero-order chi connectivity index (χ0) is 16.8. The van der Waals surface area contributed by atoms with Gasteiger partial charge < -0.3 is 19.9 Å². The Morgan fingerprint density at radius 3 is 2.70 bits per heavy atom. The van der Waals surface area contributed by atoms with Gasteiger partial charge in [0.25, 0.3) is 0 Å². The van der Waals surface area contributed by atoms with E-state index in [1.807, 2.05) is 0 Å². The fourth-order valence-corrected chi connectivity index (χ4v) is 2.15. The Kier molecular flexibility index (Phi) is 5.59. The highest BCUT2D eigenvalue weighted by molar-refractivity contribution is 6.29. The quantitative estimate of drug-likeness (QED) is 0.638. The summed E-state index contributed by atoms with van der Waals surface area (Å²) in [7, 11) is 1.51. The molecule has 7 nitrogen and oxygen atoms in total. The number of hydrogen-bond acceptors (Lipinski definition) is 7. The highest BCUT2D eigenvalue weighted by Crippen LogP contribution is 2.38. The molecule has 1 aromatic heterocycles. The van der Waals surface area contributed by atoms with Crippen LogP contribution in [0.15, 0.2) is 24.3 Å². The number of nitrogen functional groups attached to an aromatic ring is 1. The zero-order valence-electron chi connectivity index (χ0n) is 12.7. The minimum Gasteiger partial charge on any atom is -0.496 e. The van der Waals surface area contributed by atoms with Crippen molar-refractivity contribution in [1.82, 2.24) is 9.97 Å². The SMILES string of the molecule is CCOC(=O)COc1cccc(OC)c1-c1cc(Cl)nc(N)n1. The van der Waals surface area contributed by atoms with Crippen LogP contribution in [0.3, 0.4) is 0 Å². The van der Waals surface area contributed by atoms with Gasteiger partial charge in [-0.15, -0.1) is 0 Å². The van der Waals surface area contributed by atoms with Gasteiger partial charge in [-0.2, -0.15) is 0 Å². The Balaban J connectivity index is 2.41. The molecular weight excluding hydrogens is 322 g/mol. The average molecular weight is 338 g/mol. The van der Waals surface area contributed by atoms with E-state index >= 15 is 0 Å². The van der Waals surface area contributed by atoms with E-state index in [9.17, 15) is 4.79 Å². The first kappa shape index (κ1) is 16.8. The predicted molar refractivity (Wildman–Crippen MR) is 85.6 cm³/mol. The number of halogens is 1. The summed E-state index contributed by atoms with van der Waals surface area (Å²) in [6, 6.07) is 6.68. The van der Waals surface area contributed by atoms with Crippen LogP contribution in [0.25, 0.3) is 11.3 Å². The van der Waals surface area contributed by atoms with E-state index in [1.54, 1.807) is 25.1 Å². The van der Waals surface area contributed by atoms with Gasteiger partial charge in [0.1, 0.15) is 16.7 Å². The van der Waals surface area contributed by atoms with Crippen molar-refractivity contribution in [3.8, 4) is 22.8 Å². The van der Waals surface area contributed by atoms with Crippen LogP contribution in [0.1, 0.15) is 6.92 Å². The van der Waals surface area contributed by atoms with E-state index in [0.29, 0.717) is 22.8 Å². The standard InChI is InChI=1S/C15H16ClN3O4/c1-3-22-13(20)8-23-11-6-4-5-10(21-2)14(11)9-7-12(16)19-15(17)18-9/h4-7H,3,8H2,1-2H3,(H2,17,18,19). The van der Waals surface area contributed by atoms with Crippen molar-refractivity contribution in [3.63, 3.8) is 0 Å². The summed E-state index contributed by atoms with van der Waals surface area (Å²) in [6.07, 6.45) is 0. The lowest BCUT2D eigenvalue weighted by Crippen LogP contribution is -2.15. The first-order chi connectivity index (χ1) is 11.0. The minimum absolute atomic E-state index is 0.0229. The Bertz CT molecular complexity index is 689. The molecular formula is C15H16ClN3O4. The molecule has 0 bridgehead atoms. The largest absolute Gasteiger partial charge is 0.496 e. The molecule has 0 fully saturated rings. The van der Waals surface area contributed by atoms with Crippen LogP contribution in [0, 0.1) is 0 Å².